The highest BCUT2D eigenvalue weighted by molar-refractivity contribution is 5.79. The van der Waals surface area contributed by atoms with E-state index < -0.39 is 0 Å². The molecule has 1 aliphatic heterocycles. The van der Waals surface area contributed by atoms with E-state index in [1.807, 2.05) is 6.92 Å². The Labute approximate surface area is 43.6 Å². The van der Waals surface area contributed by atoms with Gasteiger partial charge < -0.3 is 5.32 Å². The second-order valence-corrected chi connectivity index (χ2v) is 1.75. The molecule has 0 saturated heterocycles. The van der Waals surface area contributed by atoms with Gasteiger partial charge in [0.25, 0.3) is 0 Å². The number of nitrogens with one attached hydrogen (secondary N) is 1. The normalized spacial score (nSPS) is 20.4. The average Bonchev–Trinajstić information content (AvgIpc) is 1.69. The van der Waals surface area contributed by atoms with E-state index in [1.54, 1.807) is 0 Å². The topological polar surface area (TPSA) is 24.4 Å². The molecular formula is C5H10N2. The number of nitrogens with zero attached hydrogens (tertiary/aromatic N) is 1. The van der Waals surface area contributed by atoms with Crippen molar-refractivity contribution in [3.63, 3.8) is 0 Å². The molecule has 0 aromatic carbocycles. The first-order valence-electron chi connectivity index (χ1n) is 2.64. The Morgan fingerprint density at radius 2 is 2.57 bits per heavy atom. The molecule has 0 amide bonds. The molecule has 2 heteroatoms. The lowest BCUT2D eigenvalue weighted by Crippen LogP contribution is -2.26. The Bertz CT molecular complexity index is 86.1. The van der Waals surface area contributed by atoms with Gasteiger partial charge in [-0.05, 0) is 13.3 Å². The van der Waals surface area contributed by atoms with Gasteiger partial charge in [0.15, 0.2) is 0 Å². The zero-order valence-corrected chi connectivity index (χ0v) is 4.57. The maximum Gasteiger partial charge on any atom is 0.0931 e. The zero-order valence-electron chi connectivity index (χ0n) is 4.57. The van der Waals surface area contributed by atoms with Gasteiger partial charge in [-0.3, -0.25) is 4.99 Å². The van der Waals surface area contributed by atoms with Crippen molar-refractivity contribution in [3.05, 3.63) is 0 Å². The third kappa shape index (κ3) is 1.18. The molecule has 0 unspecified atom stereocenters. The van der Waals surface area contributed by atoms with E-state index in [4.69, 9.17) is 0 Å². The van der Waals surface area contributed by atoms with Crippen LogP contribution in [0.3, 0.4) is 0 Å². The molecule has 1 N–H and O–H groups in total. The largest absolute Gasteiger partial charge is 0.374 e. The van der Waals surface area contributed by atoms with Crippen LogP contribution in [0.25, 0.3) is 0 Å². The minimum Gasteiger partial charge on any atom is -0.374 e. The molecule has 1 heterocycles. The SMILES string of the molecule is CC1=NCCCN1. The first-order chi connectivity index (χ1) is 3.39. The van der Waals surface area contributed by atoms with Crippen molar-refractivity contribution in [1.82, 2.24) is 5.32 Å². The molecule has 1 aliphatic rings. The van der Waals surface area contributed by atoms with Crippen molar-refractivity contribution < 1.29 is 0 Å². The van der Waals surface area contributed by atoms with Crippen molar-refractivity contribution in [2.24, 2.45) is 4.99 Å². The van der Waals surface area contributed by atoms with Crippen molar-refractivity contribution in [3.8, 4) is 0 Å². The molecule has 0 aromatic rings. The fourth-order valence-electron chi connectivity index (χ4n) is 0.651. The van der Waals surface area contributed by atoms with Crippen LogP contribution in [-0.4, -0.2) is 18.9 Å². The Kier molecular flexibility index (Phi) is 1.29. The summed E-state index contributed by atoms with van der Waals surface area (Å²) in [6.45, 7) is 4.12. The predicted octanol–water partition coefficient (Wildman–Crippen LogP) is 0.398. The Morgan fingerprint density at radius 3 is 2.86 bits per heavy atom. The van der Waals surface area contributed by atoms with Crippen LogP contribution < -0.4 is 5.32 Å². The first-order valence-corrected chi connectivity index (χ1v) is 2.64. The van der Waals surface area contributed by atoms with Crippen molar-refractivity contribution >= 4 is 5.84 Å². The summed E-state index contributed by atoms with van der Waals surface area (Å²) in [5, 5.41) is 3.13. The van der Waals surface area contributed by atoms with Crippen LogP contribution in [0.4, 0.5) is 0 Å². The molecule has 0 aliphatic carbocycles. The summed E-state index contributed by atoms with van der Waals surface area (Å²) in [6, 6.07) is 0. The van der Waals surface area contributed by atoms with Crippen molar-refractivity contribution in [2.75, 3.05) is 13.1 Å². The molecule has 0 fully saturated rings. The highest BCUT2D eigenvalue weighted by Crippen LogP contribution is 1.86. The Balaban J connectivity index is 2.40. The van der Waals surface area contributed by atoms with Crippen LogP contribution in [0.1, 0.15) is 13.3 Å². The number of hydrogen-bond donors (Lipinski definition) is 1. The molecule has 0 spiro atoms. The lowest BCUT2D eigenvalue weighted by Gasteiger charge is -2.08. The van der Waals surface area contributed by atoms with E-state index in [0.29, 0.717) is 0 Å². The second-order valence-electron chi connectivity index (χ2n) is 1.75. The number of aliphatic imine (C=N–C) groups is 1. The highest BCUT2D eigenvalue weighted by Gasteiger charge is 1.94. The monoisotopic (exact) mass is 98.1 g/mol. The van der Waals surface area contributed by atoms with Crippen LogP contribution >= 0.6 is 0 Å². The van der Waals surface area contributed by atoms with E-state index in [-0.39, 0.29) is 0 Å². The number of rotatable bonds is 0. The second kappa shape index (κ2) is 1.96. The summed E-state index contributed by atoms with van der Waals surface area (Å²) in [5.74, 6) is 1.09. The number of hydrogen-bond acceptors (Lipinski definition) is 2. The van der Waals surface area contributed by atoms with E-state index in [9.17, 15) is 0 Å². The standard InChI is InChI=1S/C5H10N2/c1-5-6-3-2-4-7-5/h2-4H2,1H3,(H,6,7). The summed E-state index contributed by atoms with van der Waals surface area (Å²) < 4.78 is 0. The fourth-order valence-corrected chi connectivity index (χ4v) is 0.651. The van der Waals surface area contributed by atoms with Crippen LogP contribution in [0.5, 0.6) is 0 Å². The van der Waals surface area contributed by atoms with Gasteiger partial charge in [0.1, 0.15) is 0 Å². The molecule has 7 heavy (non-hydrogen) atoms. The molecule has 0 aromatic heterocycles. The fraction of sp³-hybridized carbons (Fsp3) is 0.800. The minimum absolute atomic E-state index is 1.01. The molecule has 0 atom stereocenters. The molecular weight excluding hydrogens is 88.1 g/mol. The summed E-state index contributed by atoms with van der Waals surface area (Å²) in [6.07, 6.45) is 1.19. The third-order valence-corrected chi connectivity index (χ3v) is 1.06. The van der Waals surface area contributed by atoms with Gasteiger partial charge in [0.05, 0.1) is 5.84 Å². The van der Waals surface area contributed by atoms with Crippen LogP contribution in [0, 0.1) is 0 Å². The van der Waals surface area contributed by atoms with Gasteiger partial charge in [-0.15, -0.1) is 0 Å². The van der Waals surface area contributed by atoms with E-state index in [2.05, 4.69) is 10.3 Å². The third-order valence-electron chi connectivity index (χ3n) is 1.06. The summed E-state index contributed by atoms with van der Waals surface area (Å²) in [4.78, 5) is 4.14. The van der Waals surface area contributed by atoms with Gasteiger partial charge in [0.2, 0.25) is 0 Å². The number of amidine groups is 1. The molecule has 0 radical (unpaired) electrons. The molecule has 1 rings (SSSR count). The van der Waals surface area contributed by atoms with Crippen molar-refractivity contribution in [2.45, 2.75) is 13.3 Å². The predicted molar refractivity (Wildman–Crippen MR) is 30.6 cm³/mol. The van der Waals surface area contributed by atoms with E-state index in [0.717, 1.165) is 18.9 Å². The quantitative estimate of drug-likeness (QED) is 0.466. The van der Waals surface area contributed by atoms with Crippen LogP contribution in [-0.2, 0) is 0 Å². The Hall–Kier alpha value is -0.530. The lowest BCUT2D eigenvalue weighted by atomic mass is 10.4. The summed E-state index contributed by atoms with van der Waals surface area (Å²) >= 11 is 0. The van der Waals surface area contributed by atoms with E-state index >= 15 is 0 Å². The maximum absolute atomic E-state index is 4.14. The Morgan fingerprint density at radius 1 is 1.71 bits per heavy atom. The maximum atomic E-state index is 4.14. The summed E-state index contributed by atoms with van der Waals surface area (Å²) in [7, 11) is 0. The molecule has 2 nitrogen and oxygen atoms in total. The molecule has 40 valence electrons. The van der Waals surface area contributed by atoms with Crippen LogP contribution in [0.15, 0.2) is 4.99 Å². The zero-order chi connectivity index (χ0) is 5.11. The molecule has 0 saturated carbocycles. The van der Waals surface area contributed by atoms with Crippen LogP contribution in [0.2, 0.25) is 0 Å². The highest BCUT2D eigenvalue weighted by atomic mass is 15.0. The lowest BCUT2D eigenvalue weighted by molar-refractivity contribution is 0.739. The average molecular weight is 98.1 g/mol. The van der Waals surface area contributed by atoms with Gasteiger partial charge in [-0.1, -0.05) is 0 Å². The van der Waals surface area contributed by atoms with Gasteiger partial charge >= 0.3 is 0 Å². The first kappa shape index (κ1) is 4.62. The van der Waals surface area contributed by atoms with Crippen molar-refractivity contribution in [1.29, 1.82) is 0 Å². The van der Waals surface area contributed by atoms with Gasteiger partial charge in [0, 0.05) is 13.1 Å². The molecule has 0 bridgehead atoms. The van der Waals surface area contributed by atoms with E-state index in [1.165, 1.54) is 6.42 Å². The smallest absolute Gasteiger partial charge is 0.0931 e. The van der Waals surface area contributed by atoms with Gasteiger partial charge in [-0.2, -0.15) is 0 Å². The minimum atomic E-state index is 1.01. The van der Waals surface area contributed by atoms with Gasteiger partial charge in [-0.25, -0.2) is 0 Å². The summed E-state index contributed by atoms with van der Waals surface area (Å²) in [5.41, 5.74) is 0.